The van der Waals surface area contributed by atoms with Crippen LogP contribution >= 0.6 is 0 Å². The molecule has 3 rings (SSSR count). The summed E-state index contributed by atoms with van der Waals surface area (Å²) in [5, 5.41) is 12.3. The zero-order valence-corrected chi connectivity index (χ0v) is 16.0. The summed E-state index contributed by atoms with van der Waals surface area (Å²) >= 11 is 0. The van der Waals surface area contributed by atoms with Crippen molar-refractivity contribution in [2.75, 3.05) is 0 Å². The predicted octanol–water partition coefficient (Wildman–Crippen LogP) is 0.808. The third-order valence-corrected chi connectivity index (χ3v) is 4.96. The number of fused-ring (bicyclic) bond motifs is 1. The number of hydrogen-bond acceptors (Lipinski definition) is 6. The molecule has 0 aliphatic heterocycles. The van der Waals surface area contributed by atoms with Crippen molar-refractivity contribution in [1.29, 1.82) is 0 Å². The van der Waals surface area contributed by atoms with Crippen molar-refractivity contribution in [1.82, 2.24) is 24.9 Å². The molecule has 1 aromatic carbocycles. The van der Waals surface area contributed by atoms with Crippen LogP contribution in [0.2, 0.25) is 0 Å². The lowest BCUT2D eigenvalue weighted by atomic mass is 10.1. The fourth-order valence-electron chi connectivity index (χ4n) is 2.76. The fraction of sp³-hybridized carbons (Fsp3) is 0.294. The standard InChI is InChI=1S/C17H20N6O3S/c1-10-7-11(2)23-17(19-10)21-15(22-23)9-16(24)20-12(3)13-5-4-6-14(8-13)27(18,25)26/h4-8,12H,9H2,1-3H3,(H,20,24)(H2,18,25,26). The van der Waals surface area contributed by atoms with Gasteiger partial charge in [0.1, 0.15) is 0 Å². The number of aryl methyl sites for hydroxylation is 2. The van der Waals surface area contributed by atoms with Gasteiger partial charge in [-0.3, -0.25) is 4.79 Å². The highest BCUT2D eigenvalue weighted by molar-refractivity contribution is 7.89. The molecule has 3 aromatic rings. The molecule has 2 heterocycles. The number of benzene rings is 1. The minimum atomic E-state index is -3.80. The maximum atomic E-state index is 12.3. The molecule has 0 spiro atoms. The Kier molecular flexibility index (Phi) is 4.94. The summed E-state index contributed by atoms with van der Waals surface area (Å²) in [6, 6.07) is 7.63. The van der Waals surface area contributed by atoms with Gasteiger partial charge < -0.3 is 5.32 Å². The Balaban J connectivity index is 1.73. The average molecular weight is 388 g/mol. The van der Waals surface area contributed by atoms with Gasteiger partial charge in [-0.2, -0.15) is 4.98 Å². The second-order valence-corrected chi connectivity index (χ2v) is 7.92. The van der Waals surface area contributed by atoms with Gasteiger partial charge in [0.25, 0.3) is 5.78 Å². The van der Waals surface area contributed by atoms with E-state index in [1.165, 1.54) is 12.1 Å². The Bertz CT molecular complexity index is 1120. The number of amides is 1. The molecule has 3 N–H and O–H groups in total. The summed E-state index contributed by atoms with van der Waals surface area (Å²) in [6.07, 6.45) is -0.0128. The summed E-state index contributed by atoms with van der Waals surface area (Å²) < 4.78 is 24.5. The second-order valence-electron chi connectivity index (χ2n) is 6.36. The van der Waals surface area contributed by atoms with E-state index >= 15 is 0 Å². The summed E-state index contributed by atoms with van der Waals surface area (Å²) in [5.41, 5.74) is 2.34. The van der Waals surface area contributed by atoms with Gasteiger partial charge in [0.2, 0.25) is 15.9 Å². The molecule has 0 aliphatic rings. The number of carbonyl (C=O) groups is 1. The number of hydrogen-bond donors (Lipinski definition) is 2. The van der Waals surface area contributed by atoms with Crippen LogP contribution in [0.5, 0.6) is 0 Å². The van der Waals surface area contributed by atoms with Gasteiger partial charge in [0.05, 0.1) is 17.4 Å². The molecule has 27 heavy (non-hydrogen) atoms. The minimum absolute atomic E-state index is 0.0000332. The van der Waals surface area contributed by atoms with Crippen molar-refractivity contribution in [3.05, 3.63) is 53.1 Å². The highest BCUT2D eigenvalue weighted by atomic mass is 32.2. The molecule has 1 atom stereocenters. The van der Waals surface area contributed by atoms with Crippen LogP contribution in [-0.2, 0) is 21.2 Å². The van der Waals surface area contributed by atoms with Crippen molar-refractivity contribution in [3.8, 4) is 0 Å². The van der Waals surface area contributed by atoms with Crippen LogP contribution in [0.15, 0.2) is 35.2 Å². The zero-order chi connectivity index (χ0) is 19.8. The monoisotopic (exact) mass is 388 g/mol. The van der Waals surface area contributed by atoms with E-state index in [1.807, 2.05) is 19.9 Å². The van der Waals surface area contributed by atoms with Gasteiger partial charge in [0, 0.05) is 11.4 Å². The molecule has 0 bridgehead atoms. The van der Waals surface area contributed by atoms with E-state index in [1.54, 1.807) is 23.6 Å². The predicted molar refractivity (Wildman–Crippen MR) is 98.3 cm³/mol. The number of sulfonamides is 1. The van der Waals surface area contributed by atoms with E-state index in [2.05, 4.69) is 20.4 Å². The fourth-order valence-corrected chi connectivity index (χ4v) is 3.33. The van der Waals surface area contributed by atoms with E-state index in [0.717, 1.165) is 11.4 Å². The van der Waals surface area contributed by atoms with Gasteiger partial charge >= 0.3 is 0 Å². The summed E-state index contributed by atoms with van der Waals surface area (Å²) in [5.74, 6) is 0.525. The molecule has 0 aliphatic carbocycles. The molecular formula is C17H20N6O3S. The molecule has 9 nitrogen and oxygen atoms in total. The molecule has 10 heteroatoms. The molecule has 2 aromatic heterocycles. The largest absolute Gasteiger partial charge is 0.349 e. The smallest absolute Gasteiger partial charge is 0.252 e. The van der Waals surface area contributed by atoms with Crippen LogP contribution < -0.4 is 10.5 Å². The van der Waals surface area contributed by atoms with E-state index in [9.17, 15) is 13.2 Å². The lowest BCUT2D eigenvalue weighted by Gasteiger charge is -2.14. The van der Waals surface area contributed by atoms with E-state index in [0.29, 0.717) is 17.2 Å². The Morgan fingerprint density at radius 1 is 1.26 bits per heavy atom. The van der Waals surface area contributed by atoms with Gasteiger partial charge in [-0.25, -0.2) is 23.1 Å². The van der Waals surface area contributed by atoms with Gasteiger partial charge in [0.15, 0.2) is 5.82 Å². The highest BCUT2D eigenvalue weighted by Crippen LogP contribution is 2.17. The first-order valence-electron chi connectivity index (χ1n) is 8.25. The van der Waals surface area contributed by atoms with Crippen LogP contribution in [0.3, 0.4) is 0 Å². The first-order chi connectivity index (χ1) is 12.6. The van der Waals surface area contributed by atoms with E-state index in [4.69, 9.17) is 5.14 Å². The number of nitrogens with zero attached hydrogens (tertiary/aromatic N) is 4. The lowest BCUT2D eigenvalue weighted by molar-refractivity contribution is -0.121. The normalized spacial score (nSPS) is 12.9. The average Bonchev–Trinajstić information content (AvgIpc) is 2.96. The van der Waals surface area contributed by atoms with Crippen molar-refractivity contribution in [2.24, 2.45) is 5.14 Å². The number of primary sulfonamides is 1. The lowest BCUT2D eigenvalue weighted by Crippen LogP contribution is -2.28. The SMILES string of the molecule is Cc1cc(C)n2nc(CC(=O)NC(C)c3cccc(S(N)(=O)=O)c3)nc2n1. The quantitative estimate of drug-likeness (QED) is 0.665. The van der Waals surface area contributed by atoms with Gasteiger partial charge in [-0.15, -0.1) is 5.10 Å². The van der Waals surface area contributed by atoms with Crippen LogP contribution in [0.1, 0.15) is 35.7 Å². The molecule has 0 saturated carbocycles. The Labute approximate surface area is 156 Å². The third kappa shape index (κ3) is 4.29. The van der Waals surface area contributed by atoms with Crippen molar-refractivity contribution in [3.63, 3.8) is 0 Å². The zero-order valence-electron chi connectivity index (χ0n) is 15.2. The van der Waals surface area contributed by atoms with Crippen LogP contribution in [-0.4, -0.2) is 33.9 Å². The second kappa shape index (κ2) is 7.05. The summed E-state index contributed by atoms with van der Waals surface area (Å²) in [7, 11) is -3.80. The molecule has 142 valence electrons. The van der Waals surface area contributed by atoms with Crippen LogP contribution in [0.4, 0.5) is 0 Å². The first kappa shape index (κ1) is 18.9. The molecule has 1 unspecified atom stereocenters. The van der Waals surface area contributed by atoms with E-state index < -0.39 is 16.1 Å². The first-order valence-corrected chi connectivity index (χ1v) is 9.80. The number of rotatable bonds is 5. The number of carbonyl (C=O) groups excluding carboxylic acids is 1. The summed E-state index contributed by atoms with van der Waals surface area (Å²) in [4.78, 5) is 20.9. The number of nitrogens with one attached hydrogen (secondary N) is 1. The molecule has 0 saturated heterocycles. The Morgan fingerprint density at radius 2 is 2.00 bits per heavy atom. The Hall–Kier alpha value is -2.85. The van der Waals surface area contributed by atoms with Crippen molar-refractivity contribution >= 4 is 21.7 Å². The molecule has 1 amide bonds. The molecular weight excluding hydrogens is 368 g/mol. The summed E-state index contributed by atoms with van der Waals surface area (Å²) in [6.45, 7) is 5.51. The number of nitrogens with two attached hydrogens (primary N) is 1. The Morgan fingerprint density at radius 3 is 2.70 bits per heavy atom. The van der Waals surface area contributed by atoms with Crippen LogP contribution in [0, 0.1) is 13.8 Å². The maximum Gasteiger partial charge on any atom is 0.252 e. The molecule has 0 fully saturated rings. The van der Waals surface area contributed by atoms with E-state index in [-0.39, 0.29) is 17.2 Å². The van der Waals surface area contributed by atoms with Crippen LogP contribution in [0.25, 0.3) is 5.78 Å². The van der Waals surface area contributed by atoms with Crippen molar-refractivity contribution in [2.45, 2.75) is 38.1 Å². The topological polar surface area (TPSA) is 132 Å². The minimum Gasteiger partial charge on any atom is -0.349 e. The van der Waals surface area contributed by atoms with Gasteiger partial charge in [-0.1, -0.05) is 12.1 Å². The molecule has 0 radical (unpaired) electrons. The number of aromatic nitrogens is 4. The highest BCUT2D eigenvalue weighted by Gasteiger charge is 2.16. The maximum absolute atomic E-state index is 12.3. The van der Waals surface area contributed by atoms with Gasteiger partial charge in [-0.05, 0) is 44.5 Å². The van der Waals surface area contributed by atoms with Crippen molar-refractivity contribution < 1.29 is 13.2 Å². The third-order valence-electron chi connectivity index (χ3n) is 4.04.